The fraction of sp³-hybridized carbons (Fsp3) is 0.381. The van der Waals surface area contributed by atoms with Gasteiger partial charge in [-0.05, 0) is 24.1 Å². The second-order valence-corrected chi connectivity index (χ2v) is 6.50. The zero-order valence-electron chi connectivity index (χ0n) is 15.7. The predicted octanol–water partition coefficient (Wildman–Crippen LogP) is -0.547. The normalized spacial score (nSPS) is 12.8. The predicted molar refractivity (Wildman–Crippen MR) is 98.7 cm³/mol. The van der Waals surface area contributed by atoms with Gasteiger partial charge >= 0.3 is 5.97 Å². The van der Waals surface area contributed by atoms with E-state index in [1.807, 2.05) is 60.7 Å². The average molecular weight is 378 g/mol. The molecule has 0 bridgehead atoms. The molecule has 1 atom stereocenters. The summed E-state index contributed by atoms with van der Waals surface area (Å²) >= 11 is 0. The number of para-hydroxylation sites is 1. The van der Waals surface area contributed by atoms with E-state index in [4.69, 9.17) is 9.47 Å². The number of halogens is 1. The van der Waals surface area contributed by atoms with Crippen LogP contribution in [0, 0.1) is 0 Å². The number of carbonyl (C=O) groups is 1. The van der Waals surface area contributed by atoms with E-state index in [1.165, 1.54) is 4.90 Å². The minimum absolute atomic E-state index is 0. The van der Waals surface area contributed by atoms with Gasteiger partial charge in [0.1, 0.15) is 11.4 Å². The van der Waals surface area contributed by atoms with Crippen molar-refractivity contribution in [2.45, 2.75) is 25.4 Å². The molecule has 0 spiro atoms. The summed E-state index contributed by atoms with van der Waals surface area (Å²) in [6.45, 7) is 2.88. The molecular formula is C21H28ClNO3. The van der Waals surface area contributed by atoms with Crippen LogP contribution < -0.4 is 22.0 Å². The number of quaternary nitrogens is 1. The molecule has 142 valence electrons. The molecule has 2 aromatic carbocycles. The molecule has 0 aliphatic carbocycles. The van der Waals surface area contributed by atoms with Crippen molar-refractivity contribution in [1.82, 2.24) is 0 Å². The molecule has 0 heterocycles. The summed E-state index contributed by atoms with van der Waals surface area (Å²) in [7, 11) is 4.21. The first-order chi connectivity index (χ1) is 12.1. The van der Waals surface area contributed by atoms with Gasteiger partial charge in [-0.25, -0.2) is 4.79 Å². The van der Waals surface area contributed by atoms with Gasteiger partial charge in [0, 0.05) is 6.42 Å². The van der Waals surface area contributed by atoms with Gasteiger partial charge in [-0.1, -0.05) is 55.5 Å². The largest absolute Gasteiger partial charge is 1.00 e. The Kier molecular flexibility index (Phi) is 9.17. The standard InChI is InChI=1S/C21H27NO3.ClH/c1-4-21(15-16-22(2)3,18-11-7-5-8-12-18)25-20(23)17-24-19-13-9-6-10-14-19;/h5-14H,4,15-17H2,1-3H3;1H. The van der Waals surface area contributed by atoms with Gasteiger partial charge in [-0.3, -0.25) is 0 Å². The molecule has 0 amide bonds. The van der Waals surface area contributed by atoms with Gasteiger partial charge in [-0.15, -0.1) is 0 Å². The summed E-state index contributed by atoms with van der Waals surface area (Å²) in [4.78, 5) is 13.8. The lowest BCUT2D eigenvalue weighted by molar-refractivity contribution is -0.859. The van der Waals surface area contributed by atoms with E-state index in [-0.39, 0.29) is 25.0 Å². The van der Waals surface area contributed by atoms with Crippen LogP contribution in [-0.2, 0) is 15.1 Å². The van der Waals surface area contributed by atoms with Crippen molar-refractivity contribution in [2.24, 2.45) is 0 Å². The van der Waals surface area contributed by atoms with Crippen molar-refractivity contribution in [3.63, 3.8) is 0 Å². The number of benzene rings is 2. The first kappa shape index (κ1) is 22.0. The summed E-state index contributed by atoms with van der Waals surface area (Å²) in [6.07, 6.45) is 1.49. The number of rotatable bonds is 9. The molecule has 0 aliphatic rings. The van der Waals surface area contributed by atoms with Crippen LogP contribution in [0.1, 0.15) is 25.3 Å². The minimum atomic E-state index is -0.615. The molecule has 0 saturated carbocycles. The number of carbonyl (C=O) groups excluding carboxylic acids is 1. The van der Waals surface area contributed by atoms with Crippen molar-refractivity contribution >= 4 is 5.97 Å². The number of nitrogens with one attached hydrogen (secondary N) is 1. The molecule has 1 N–H and O–H groups in total. The summed E-state index contributed by atoms with van der Waals surface area (Å²) in [5.74, 6) is 0.322. The van der Waals surface area contributed by atoms with Gasteiger partial charge in [-0.2, -0.15) is 0 Å². The Labute approximate surface area is 162 Å². The third-order valence-corrected chi connectivity index (χ3v) is 4.31. The number of ether oxygens (including phenoxy) is 2. The van der Waals surface area contributed by atoms with E-state index in [0.717, 1.165) is 24.9 Å². The molecule has 4 nitrogen and oxygen atoms in total. The van der Waals surface area contributed by atoms with Crippen molar-refractivity contribution in [1.29, 1.82) is 0 Å². The molecule has 0 aromatic heterocycles. The summed E-state index contributed by atoms with van der Waals surface area (Å²) in [5.41, 5.74) is 0.419. The fourth-order valence-electron chi connectivity index (χ4n) is 2.81. The summed E-state index contributed by atoms with van der Waals surface area (Å²) in [5, 5.41) is 0. The highest BCUT2D eigenvalue weighted by atomic mass is 35.5. The molecular weight excluding hydrogens is 350 g/mol. The van der Waals surface area contributed by atoms with E-state index in [2.05, 4.69) is 21.0 Å². The van der Waals surface area contributed by atoms with Crippen molar-refractivity contribution in [3.05, 3.63) is 66.2 Å². The molecule has 0 radical (unpaired) electrons. The highest BCUT2D eigenvalue weighted by molar-refractivity contribution is 5.72. The Morgan fingerprint density at radius 1 is 1.00 bits per heavy atom. The zero-order valence-corrected chi connectivity index (χ0v) is 16.5. The Morgan fingerprint density at radius 2 is 1.58 bits per heavy atom. The van der Waals surface area contributed by atoms with Crippen LogP contribution in [0.3, 0.4) is 0 Å². The first-order valence-electron chi connectivity index (χ1n) is 8.80. The Bertz CT molecular complexity index is 649. The summed E-state index contributed by atoms with van der Waals surface area (Å²) in [6, 6.07) is 19.3. The van der Waals surface area contributed by atoms with Crippen LogP contribution in [0.4, 0.5) is 0 Å². The van der Waals surface area contributed by atoms with Crippen molar-refractivity contribution in [2.75, 3.05) is 27.2 Å². The molecule has 1 unspecified atom stereocenters. The van der Waals surface area contributed by atoms with Gasteiger partial charge in [0.05, 0.1) is 20.6 Å². The number of hydrogen-bond donors (Lipinski definition) is 1. The molecule has 0 aliphatic heterocycles. The summed E-state index contributed by atoms with van der Waals surface area (Å²) < 4.78 is 11.5. The van der Waals surface area contributed by atoms with E-state index in [1.54, 1.807) is 0 Å². The quantitative estimate of drug-likeness (QED) is 0.596. The third kappa shape index (κ3) is 6.36. The van der Waals surface area contributed by atoms with Gasteiger partial charge < -0.3 is 26.8 Å². The Morgan fingerprint density at radius 3 is 2.12 bits per heavy atom. The minimum Gasteiger partial charge on any atom is -1.00 e. The van der Waals surface area contributed by atoms with Crippen LogP contribution in [-0.4, -0.2) is 33.2 Å². The molecule has 26 heavy (non-hydrogen) atoms. The average Bonchev–Trinajstić information content (AvgIpc) is 2.65. The monoisotopic (exact) mass is 377 g/mol. The topological polar surface area (TPSA) is 40.0 Å². The van der Waals surface area contributed by atoms with E-state index in [9.17, 15) is 4.79 Å². The Balaban J connectivity index is 0.00000338. The van der Waals surface area contributed by atoms with Crippen molar-refractivity contribution in [3.8, 4) is 5.75 Å². The SMILES string of the molecule is CCC(CC[NH+](C)C)(OC(=O)COc1ccccc1)c1ccccc1.[Cl-]. The second kappa shape index (κ2) is 10.8. The first-order valence-corrected chi connectivity index (χ1v) is 8.80. The maximum Gasteiger partial charge on any atom is 0.345 e. The van der Waals surface area contributed by atoms with Gasteiger partial charge in [0.15, 0.2) is 6.61 Å². The van der Waals surface area contributed by atoms with Crippen LogP contribution in [0.25, 0.3) is 0 Å². The van der Waals surface area contributed by atoms with Crippen molar-refractivity contribution < 1.29 is 31.6 Å². The molecule has 2 aromatic rings. The van der Waals surface area contributed by atoms with E-state index in [0.29, 0.717) is 5.75 Å². The maximum atomic E-state index is 12.5. The zero-order chi connectivity index (χ0) is 18.1. The second-order valence-electron chi connectivity index (χ2n) is 6.50. The highest BCUT2D eigenvalue weighted by Gasteiger charge is 2.35. The lowest BCUT2D eigenvalue weighted by atomic mass is 9.87. The molecule has 0 fully saturated rings. The van der Waals surface area contributed by atoms with E-state index < -0.39 is 5.60 Å². The van der Waals surface area contributed by atoms with Crippen LogP contribution in [0.15, 0.2) is 60.7 Å². The molecule has 2 rings (SSSR count). The molecule has 5 heteroatoms. The smallest absolute Gasteiger partial charge is 0.345 e. The highest BCUT2D eigenvalue weighted by Crippen LogP contribution is 2.33. The third-order valence-electron chi connectivity index (χ3n) is 4.31. The fourth-order valence-corrected chi connectivity index (χ4v) is 2.81. The van der Waals surface area contributed by atoms with Gasteiger partial charge in [0.25, 0.3) is 0 Å². The molecule has 0 saturated heterocycles. The van der Waals surface area contributed by atoms with Crippen LogP contribution in [0.2, 0.25) is 0 Å². The lowest BCUT2D eigenvalue weighted by Gasteiger charge is -2.33. The lowest BCUT2D eigenvalue weighted by Crippen LogP contribution is -3.05. The number of hydrogen-bond acceptors (Lipinski definition) is 3. The Hall–Kier alpha value is -2.04. The van der Waals surface area contributed by atoms with Crippen LogP contribution >= 0.6 is 0 Å². The number of esters is 1. The maximum absolute atomic E-state index is 12.5. The van der Waals surface area contributed by atoms with Crippen LogP contribution in [0.5, 0.6) is 5.75 Å². The van der Waals surface area contributed by atoms with E-state index >= 15 is 0 Å². The van der Waals surface area contributed by atoms with Gasteiger partial charge in [0.2, 0.25) is 0 Å².